The highest BCUT2D eigenvalue weighted by atomic mass is 16.5. The van der Waals surface area contributed by atoms with Crippen molar-refractivity contribution in [2.75, 3.05) is 43.2 Å². The van der Waals surface area contributed by atoms with E-state index in [1.54, 1.807) is 31.6 Å². The third-order valence-electron chi connectivity index (χ3n) is 7.39. The molecule has 1 unspecified atom stereocenters. The number of nitrogens with zero attached hydrogens (tertiary/aromatic N) is 7. The van der Waals surface area contributed by atoms with Crippen LogP contribution < -0.4 is 9.80 Å². The molecule has 1 aliphatic carbocycles. The van der Waals surface area contributed by atoms with Crippen LogP contribution in [-0.2, 0) is 9.53 Å². The average Bonchev–Trinajstić information content (AvgIpc) is 3.85. The summed E-state index contributed by atoms with van der Waals surface area (Å²) in [7, 11) is 1.59. The van der Waals surface area contributed by atoms with E-state index in [4.69, 9.17) is 22.6 Å². The number of nitriles is 1. The van der Waals surface area contributed by atoms with E-state index in [0.717, 1.165) is 24.2 Å². The van der Waals surface area contributed by atoms with E-state index in [2.05, 4.69) is 32.8 Å². The van der Waals surface area contributed by atoms with Gasteiger partial charge in [0.15, 0.2) is 0 Å². The Morgan fingerprint density at radius 3 is 2.29 bits per heavy atom. The van der Waals surface area contributed by atoms with Crippen molar-refractivity contribution in [1.29, 1.82) is 5.26 Å². The monoisotopic (exact) mass is 545 g/mol. The predicted octanol–water partition coefficient (Wildman–Crippen LogP) is 4.13. The molecule has 0 bridgehead atoms. The number of rotatable bonds is 8. The van der Waals surface area contributed by atoms with E-state index in [9.17, 15) is 10.1 Å². The standard InChI is InChI=1S/C32H31N7O2/c1-5-23-9-12-34-28(17-23)39(29-18-24(6-2)10-13-35-29)27-19-26(20-33)32(36-31(27)25-7-8-25)37-14-15-38(22(3)21-37)30(40)11-16-41-4/h1-2,9-10,12-13,17-19,22,25H,7-8,11,14-16,21H2,3-4H3. The molecule has 1 saturated heterocycles. The second-order valence-corrected chi connectivity index (χ2v) is 10.2. The molecule has 0 spiro atoms. The number of aromatic nitrogens is 3. The summed E-state index contributed by atoms with van der Waals surface area (Å²) >= 11 is 0. The smallest absolute Gasteiger partial charge is 0.225 e. The number of ether oxygens (including phenoxy) is 1. The number of methoxy groups -OCH3 is 1. The lowest BCUT2D eigenvalue weighted by atomic mass is 10.1. The van der Waals surface area contributed by atoms with Crippen LogP contribution in [0.3, 0.4) is 0 Å². The Morgan fingerprint density at radius 1 is 1.10 bits per heavy atom. The molecule has 5 rings (SSSR count). The van der Waals surface area contributed by atoms with E-state index in [1.165, 1.54) is 0 Å². The van der Waals surface area contributed by atoms with Gasteiger partial charge in [0, 0.05) is 62.2 Å². The van der Waals surface area contributed by atoms with Crippen LogP contribution in [-0.4, -0.2) is 65.2 Å². The number of terminal acetylenes is 2. The summed E-state index contributed by atoms with van der Waals surface area (Å²) in [4.78, 5) is 32.9. The first kappa shape index (κ1) is 27.6. The lowest BCUT2D eigenvalue weighted by molar-refractivity contribution is -0.134. The van der Waals surface area contributed by atoms with Crippen molar-refractivity contribution in [3.05, 3.63) is 65.1 Å². The number of piperazine rings is 1. The third-order valence-corrected chi connectivity index (χ3v) is 7.39. The molecule has 206 valence electrons. The summed E-state index contributed by atoms with van der Waals surface area (Å²) in [6.45, 7) is 4.12. The molecule has 0 N–H and O–H groups in total. The summed E-state index contributed by atoms with van der Waals surface area (Å²) in [5, 5.41) is 10.3. The summed E-state index contributed by atoms with van der Waals surface area (Å²) in [6, 6.07) is 11.3. The van der Waals surface area contributed by atoms with Crippen LogP contribution in [0.1, 0.15) is 54.5 Å². The van der Waals surface area contributed by atoms with Crippen molar-refractivity contribution in [1.82, 2.24) is 19.9 Å². The Kier molecular flexibility index (Phi) is 8.15. The van der Waals surface area contributed by atoms with Crippen LogP contribution in [0.25, 0.3) is 0 Å². The first-order valence-electron chi connectivity index (χ1n) is 13.6. The van der Waals surface area contributed by atoms with Gasteiger partial charge in [0.1, 0.15) is 23.5 Å². The van der Waals surface area contributed by atoms with Gasteiger partial charge in [0.05, 0.1) is 30.0 Å². The van der Waals surface area contributed by atoms with Gasteiger partial charge in [-0.15, -0.1) is 12.8 Å². The first-order valence-corrected chi connectivity index (χ1v) is 13.6. The molecular weight excluding hydrogens is 514 g/mol. The highest BCUT2D eigenvalue weighted by Gasteiger charge is 2.35. The Balaban J connectivity index is 1.58. The Morgan fingerprint density at radius 2 is 1.76 bits per heavy atom. The second kappa shape index (κ2) is 12.1. The minimum Gasteiger partial charge on any atom is -0.384 e. The third kappa shape index (κ3) is 5.84. The minimum atomic E-state index is -0.0339. The number of carbonyl (C=O) groups excluding carboxylic acids is 1. The van der Waals surface area contributed by atoms with Gasteiger partial charge < -0.3 is 14.5 Å². The zero-order valence-corrected chi connectivity index (χ0v) is 23.2. The molecular formula is C32H31N7O2. The fraction of sp³-hybridized carbons (Fsp3) is 0.344. The lowest BCUT2D eigenvalue weighted by Crippen LogP contribution is -2.54. The van der Waals surface area contributed by atoms with Gasteiger partial charge >= 0.3 is 0 Å². The minimum absolute atomic E-state index is 0.0339. The largest absolute Gasteiger partial charge is 0.384 e. The molecule has 0 aromatic carbocycles. The molecule has 3 aromatic heterocycles. The van der Waals surface area contributed by atoms with Gasteiger partial charge in [0.2, 0.25) is 5.91 Å². The summed E-state index contributed by atoms with van der Waals surface area (Å²) in [6.07, 6.45) is 17.1. The fourth-order valence-electron chi connectivity index (χ4n) is 5.15. The van der Waals surface area contributed by atoms with Gasteiger partial charge in [-0.05, 0) is 50.1 Å². The molecule has 2 aliphatic rings. The molecule has 41 heavy (non-hydrogen) atoms. The molecule has 4 heterocycles. The van der Waals surface area contributed by atoms with Crippen LogP contribution in [0, 0.1) is 36.0 Å². The van der Waals surface area contributed by atoms with E-state index in [0.29, 0.717) is 66.8 Å². The van der Waals surface area contributed by atoms with Crippen molar-refractivity contribution in [3.8, 4) is 30.8 Å². The van der Waals surface area contributed by atoms with E-state index < -0.39 is 0 Å². The maximum Gasteiger partial charge on any atom is 0.225 e. The van der Waals surface area contributed by atoms with Crippen LogP contribution in [0.4, 0.5) is 23.1 Å². The molecule has 1 amide bonds. The van der Waals surface area contributed by atoms with Gasteiger partial charge in [-0.2, -0.15) is 5.26 Å². The van der Waals surface area contributed by atoms with Crippen molar-refractivity contribution in [2.45, 2.75) is 38.1 Å². The van der Waals surface area contributed by atoms with Crippen LogP contribution in [0.15, 0.2) is 42.7 Å². The van der Waals surface area contributed by atoms with Crippen molar-refractivity contribution < 1.29 is 9.53 Å². The number of hydrogen-bond acceptors (Lipinski definition) is 8. The SMILES string of the molecule is C#Cc1ccnc(N(c2cc(C#C)ccn2)c2cc(C#N)c(N3CCN(C(=O)CCOC)C(C)C3)nc2C2CC2)c1. The Labute approximate surface area is 240 Å². The Bertz CT molecular complexity index is 1520. The quantitative estimate of drug-likeness (QED) is 0.390. The number of carbonyl (C=O) groups is 1. The van der Waals surface area contributed by atoms with Gasteiger partial charge in [-0.3, -0.25) is 9.69 Å². The number of pyridine rings is 3. The maximum atomic E-state index is 12.7. The predicted molar refractivity (Wildman–Crippen MR) is 157 cm³/mol. The Hall–Kier alpha value is -4.91. The molecule has 2 fully saturated rings. The van der Waals surface area contributed by atoms with Crippen molar-refractivity contribution >= 4 is 29.0 Å². The lowest BCUT2D eigenvalue weighted by Gasteiger charge is -2.41. The van der Waals surface area contributed by atoms with Gasteiger partial charge in [0.25, 0.3) is 0 Å². The first-order chi connectivity index (χ1) is 20.0. The molecule has 1 aliphatic heterocycles. The van der Waals surface area contributed by atoms with Crippen LogP contribution >= 0.6 is 0 Å². The van der Waals surface area contributed by atoms with Crippen molar-refractivity contribution in [3.63, 3.8) is 0 Å². The van der Waals surface area contributed by atoms with E-state index in [1.807, 2.05) is 34.9 Å². The van der Waals surface area contributed by atoms with E-state index >= 15 is 0 Å². The number of amides is 1. The number of hydrogen-bond donors (Lipinski definition) is 0. The summed E-state index contributed by atoms with van der Waals surface area (Å²) < 4.78 is 5.08. The molecule has 3 aromatic rings. The van der Waals surface area contributed by atoms with Crippen molar-refractivity contribution in [2.24, 2.45) is 0 Å². The zero-order valence-electron chi connectivity index (χ0n) is 23.2. The highest BCUT2D eigenvalue weighted by molar-refractivity contribution is 5.79. The fourth-order valence-corrected chi connectivity index (χ4v) is 5.15. The normalized spacial score (nSPS) is 16.4. The zero-order chi connectivity index (χ0) is 28.9. The maximum absolute atomic E-state index is 12.7. The molecule has 1 saturated carbocycles. The van der Waals surface area contributed by atoms with Gasteiger partial charge in [-0.1, -0.05) is 11.8 Å². The van der Waals surface area contributed by atoms with Gasteiger partial charge in [-0.25, -0.2) is 15.0 Å². The molecule has 9 heteroatoms. The average molecular weight is 546 g/mol. The molecule has 9 nitrogen and oxygen atoms in total. The van der Waals surface area contributed by atoms with Crippen LogP contribution in [0.5, 0.6) is 0 Å². The summed E-state index contributed by atoms with van der Waals surface area (Å²) in [5.74, 6) is 7.38. The second-order valence-electron chi connectivity index (χ2n) is 10.2. The molecule has 0 radical (unpaired) electrons. The van der Waals surface area contributed by atoms with E-state index in [-0.39, 0.29) is 17.9 Å². The topological polar surface area (TPSA) is 98.5 Å². The van der Waals surface area contributed by atoms with Crippen LogP contribution in [0.2, 0.25) is 0 Å². The number of anilines is 4. The summed E-state index contributed by atoms with van der Waals surface area (Å²) in [5.41, 5.74) is 3.35. The highest BCUT2D eigenvalue weighted by Crippen LogP contribution is 2.47. The molecule has 1 atom stereocenters.